The number of ether oxygens (including phenoxy) is 1. The SMILES string of the molecule is NC(=O)c1cccc(Oc2ccc(NC(=O)CCN3C(=O)NC4(CCCC4)C3=O)cn2)c1. The van der Waals surface area contributed by atoms with E-state index >= 15 is 0 Å². The molecule has 10 nitrogen and oxygen atoms in total. The zero-order valence-corrected chi connectivity index (χ0v) is 17.3. The summed E-state index contributed by atoms with van der Waals surface area (Å²) in [5.41, 5.74) is 5.24. The van der Waals surface area contributed by atoms with Gasteiger partial charge in [-0.15, -0.1) is 0 Å². The third kappa shape index (κ3) is 4.39. The molecule has 1 aromatic carbocycles. The topological polar surface area (TPSA) is 144 Å². The van der Waals surface area contributed by atoms with Gasteiger partial charge in [0, 0.05) is 24.6 Å². The highest BCUT2D eigenvalue weighted by molar-refractivity contribution is 6.07. The van der Waals surface area contributed by atoms with E-state index in [-0.39, 0.29) is 30.7 Å². The van der Waals surface area contributed by atoms with Crippen LogP contribution in [0.1, 0.15) is 42.5 Å². The van der Waals surface area contributed by atoms with Crippen molar-refractivity contribution in [3.05, 3.63) is 48.2 Å². The molecule has 2 heterocycles. The molecule has 10 heteroatoms. The number of nitrogens with two attached hydrogens (primary N) is 1. The van der Waals surface area contributed by atoms with Crippen LogP contribution in [0.15, 0.2) is 42.6 Å². The third-order valence-electron chi connectivity index (χ3n) is 5.63. The van der Waals surface area contributed by atoms with Gasteiger partial charge in [-0.05, 0) is 37.1 Å². The predicted molar refractivity (Wildman–Crippen MR) is 114 cm³/mol. The van der Waals surface area contributed by atoms with Crippen molar-refractivity contribution in [2.45, 2.75) is 37.6 Å². The van der Waals surface area contributed by atoms with Crippen LogP contribution in [0.4, 0.5) is 10.5 Å². The lowest BCUT2D eigenvalue weighted by molar-refractivity contribution is -0.131. The van der Waals surface area contributed by atoms with Crippen LogP contribution < -0.4 is 21.1 Å². The largest absolute Gasteiger partial charge is 0.439 e. The van der Waals surface area contributed by atoms with Gasteiger partial charge in [0.15, 0.2) is 0 Å². The fourth-order valence-electron chi connectivity index (χ4n) is 3.98. The summed E-state index contributed by atoms with van der Waals surface area (Å²) in [6.45, 7) is 0.0169. The Labute approximate surface area is 184 Å². The maximum Gasteiger partial charge on any atom is 0.325 e. The highest BCUT2D eigenvalue weighted by atomic mass is 16.5. The first-order chi connectivity index (χ1) is 15.4. The highest BCUT2D eigenvalue weighted by Crippen LogP contribution is 2.35. The average molecular weight is 437 g/mol. The van der Waals surface area contributed by atoms with Crippen LogP contribution in [0.2, 0.25) is 0 Å². The summed E-state index contributed by atoms with van der Waals surface area (Å²) in [5, 5.41) is 5.48. The molecule has 4 rings (SSSR count). The van der Waals surface area contributed by atoms with Crippen LogP contribution in [-0.4, -0.2) is 45.7 Å². The number of nitrogens with one attached hydrogen (secondary N) is 2. The van der Waals surface area contributed by atoms with E-state index < -0.39 is 17.5 Å². The average Bonchev–Trinajstić information content (AvgIpc) is 3.33. The number of carbonyl (C=O) groups is 4. The van der Waals surface area contributed by atoms with Crippen molar-refractivity contribution < 1.29 is 23.9 Å². The number of anilines is 1. The van der Waals surface area contributed by atoms with E-state index in [4.69, 9.17) is 10.5 Å². The van der Waals surface area contributed by atoms with Crippen LogP contribution in [0, 0.1) is 0 Å². The van der Waals surface area contributed by atoms with Gasteiger partial charge >= 0.3 is 6.03 Å². The number of primary amides is 1. The lowest BCUT2D eigenvalue weighted by Crippen LogP contribution is -2.44. The molecule has 1 spiro atoms. The summed E-state index contributed by atoms with van der Waals surface area (Å²) in [6.07, 6.45) is 4.51. The van der Waals surface area contributed by atoms with Gasteiger partial charge in [0.25, 0.3) is 5.91 Å². The van der Waals surface area contributed by atoms with Crippen molar-refractivity contribution in [2.75, 3.05) is 11.9 Å². The Morgan fingerprint density at radius 1 is 1.19 bits per heavy atom. The monoisotopic (exact) mass is 437 g/mol. The smallest absolute Gasteiger partial charge is 0.325 e. The van der Waals surface area contributed by atoms with Crippen molar-refractivity contribution in [1.82, 2.24) is 15.2 Å². The summed E-state index contributed by atoms with van der Waals surface area (Å²) >= 11 is 0. The summed E-state index contributed by atoms with van der Waals surface area (Å²) < 4.78 is 5.59. The number of amides is 5. The summed E-state index contributed by atoms with van der Waals surface area (Å²) in [6, 6.07) is 9.12. The molecule has 1 aliphatic carbocycles. The fraction of sp³-hybridized carbons (Fsp3) is 0.318. The zero-order chi connectivity index (χ0) is 22.7. The molecule has 0 bridgehead atoms. The molecule has 0 atom stereocenters. The van der Waals surface area contributed by atoms with Gasteiger partial charge in [0.1, 0.15) is 11.3 Å². The van der Waals surface area contributed by atoms with Gasteiger partial charge in [0.05, 0.1) is 11.9 Å². The number of carbonyl (C=O) groups excluding carboxylic acids is 4. The van der Waals surface area contributed by atoms with Crippen molar-refractivity contribution in [2.24, 2.45) is 5.73 Å². The number of aromatic nitrogens is 1. The quantitative estimate of drug-likeness (QED) is 0.566. The molecule has 2 aliphatic rings. The molecular weight excluding hydrogens is 414 g/mol. The van der Waals surface area contributed by atoms with E-state index in [0.717, 1.165) is 17.7 Å². The Hall–Kier alpha value is -3.95. The predicted octanol–water partition coefficient (Wildman–Crippen LogP) is 2.17. The van der Waals surface area contributed by atoms with Crippen molar-refractivity contribution in [3.8, 4) is 11.6 Å². The second-order valence-corrected chi connectivity index (χ2v) is 7.85. The second-order valence-electron chi connectivity index (χ2n) is 7.85. The minimum atomic E-state index is -0.774. The Balaban J connectivity index is 1.29. The molecule has 0 radical (unpaired) electrons. The van der Waals surface area contributed by atoms with Crippen LogP contribution >= 0.6 is 0 Å². The van der Waals surface area contributed by atoms with E-state index in [1.807, 2.05) is 0 Å². The van der Waals surface area contributed by atoms with Crippen molar-refractivity contribution in [1.29, 1.82) is 0 Å². The maximum atomic E-state index is 12.6. The first-order valence-electron chi connectivity index (χ1n) is 10.3. The minimum Gasteiger partial charge on any atom is -0.439 e. The number of hydrogen-bond acceptors (Lipinski definition) is 6. The Morgan fingerprint density at radius 2 is 1.97 bits per heavy atom. The number of pyridine rings is 1. The van der Waals surface area contributed by atoms with Gasteiger partial charge in [-0.1, -0.05) is 18.9 Å². The lowest BCUT2D eigenvalue weighted by atomic mass is 9.98. The molecule has 32 heavy (non-hydrogen) atoms. The standard InChI is InChI=1S/C22H23N5O5/c23-19(29)14-4-3-5-16(12-14)32-18-7-6-15(13-24-18)25-17(28)8-11-27-20(30)22(26-21(27)31)9-1-2-10-22/h3-7,12-13H,1-2,8-11H2,(H2,23,29)(H,25,28)(H,26,31). The van der Waals surface area contributed by atoms with E-state index in [9.17, 15) is 19.2 Å². The molecule has 2 fully saturated rings. The van der Waals surface area contributed by atoms with Crippen molar-refractivity contribution in [3.63, 3.8) is 0 Å². The Morgan fingerprint density at radius 3 is 2.66 bits per heavy atom. The summed E-state index contributed by atoms with van der Waals surface area (Å²) in [4.78, 5) is 53.6. The highest BCUT2D eigenvalue weighted by Gasteiger charge is 2.52. The van der Waals surface area contributed by atoms with E-state index in [0.29, 0.717) is 29.8 Å². The molecule has 2 aromatic rings. The molecule has 4 N–H and O–H groups in total. The Kier molecular flexibility index (Phi) is 5.76. The molecule has 166 valence electrons. The van der Waals surface area contributed by atoms with Gasteiger partial charge in [-0.2, -0.15) is 0 Å². The number of imide groups is 1. The second kappa shape index (κ2) is 8.66. The number of urea groups is 1. The van der Waals surface area contributed by atoms with Crippen LogP contribution in [0.3, 0.4) is 0 Å². The molecule has 5 amide bonds. The van der Waals surface area contributed by atoms with Crippen LogP contribution in [-0.2, 0) is 9.59 Å². The van der Waals surface area contributed by atoms with E-state index in [1.54, 1.807) is 30.3 Å². The summed E-state index contributed by atoms with van der Waals surface area (Å²) in [5.74, 6) is -0.475. The van der Waals surface area contributed by atoms with Crippen LogP contribution in [0.25, 0.3) is 0 Å². The lowest BCUT2D eigenvalue weighted by Gasteiger charge is -2.19. The molecule has 1 saturated carbocycles. The van der Waals surface area contributed by atoms with Crippen molar-refractivity contribution >= 4 is 29.4 Å². The number of rotatable bonds is 7. The Bertz CT molecular complexity index is 1060. The van der Waals surface area contributed by atoms with Gasteiger partial charge in [-0.25, -0.2) is 9.78 Å². The maximum absolute atomic E-state index is 12.6. The van der Waals surface area contributed by atoms with E-state index in [2.05, 4.69) is 15.6 Å². The first-order valence-corrected chi connectivity index (χ1v) is 10.3. The van der Waals surface area contributed by atoms with Gasteiger partial charge < -0.3 is 21.1 Å². The van der Waals surface area contributed by atoms with Crippen LogP contribution in [0.5, 0.6) is 11.6 Å². The zero-order valence-electron chi connectivity index (χ0n) is 17.3. The molecule has 1 saturated heterocycles. The number of hydrogen-bond donors (Lipinski definition) is 3. The fourth-order valence-corrected chi connectivity index (χ4v) is 3.98. The normalized spacial score (nSPS) is 16.8. The molecule has 0 unspecified atom stereocenters. The summed E-state index contributed by atoms with van der Waals surface area (Å²) in [7, 11) is 0. The van der Waals surface area contributed by atoms with Gasteiger partial charge in [0.2, 0.25) is 17.7 Å². The third-order valence-corrected chi connectivity index (χ3v) is 5.63. The molecular formula is C22H23N5O5. The first kappa shape index (κ1) is 21.3. The van der Waals surface area contributed by atoms with Gasteiger partial charge in [-0.3, -0.25) is 19.3 Å². The number of benzene rings is 1. The number of nitrogens with zero attached hydrogens (tertiary/aromatic N) is 2. The molecule has 1 aromatic heterocycles. The molecule has 1 aliphatic heterocycles. The van der Waals surface area contributed by atoms with E-state index in [1.165, 1.54) is 12.3 Å². The minimum absolute atomic E-state index is 0.0169.